The fourth-order valence-corrected chi connectivity index (χ4v) is 2.66. The van der Waals surface area contributed by atoms with E-state index in [-0.39, 0.29) is 5.78 Å². The van der Waals surface area contributed by atoms with Crippen molar-refractivity contribution in [3.63, 3.8) is 0 Å². The molecule has 0 fully saturated rings. The van der Waals surface area contributed by atoms with Gasteiger partial charge in [-0.3, -0.25) is 4.79 Å². The summed E-state index contributed by atoms with van der Waals surface area (Å²) in [5, 5.41) is 10.3. The lowest BCUT2D eigenvalue weighted by Crippen LogP contribution is -2.12. The Morgan fingerprint density at radius 3 is 2.20 bits per heavy atom. The van der Waals surface area contributed by atoms with Gasteiger partial charge in [0.1, 0.15) is 5.92 Å². The highest BCUT2D eigenvalue weighted by Gasteiger charge is 2.26. The van der Waals surface area contributed by atoms with Crippen LogP contribution in [-0.4, -0.2) is 5.78 Å². The van der Waals surface area contributed by atoms with Crippen LogP contribution in [-0.2, 0) is 0 Å². The Balaban J connectivity index is 2.49. The van der Waals surface area contributed by atoms with Gasteiger partial charge in [0.25, 0.3) is 0 Å². The standard InChI is InChI=1S/C15H8Cl3NO/c16-10-4-1-3-9(7-10)15(20)11(8-19)14-12(17)5-2-6-13(14)18/h1-7,11H. The molecular weight excluding hydrogens is 317 g/mol. The van der Waals surface area contributed by atoms with Crippen molar-refractivity contribution in [1.82, 2.24) is 0 Å². The normalized spacial score (nSPS) is 11.7. The average Bonchev–Trinajstić information content (AvgIpc) is 2.42. The number of carbonyl (C=O) groups excluding carboxylic acids is 1. The first-order chi connectivity index (χ1) is 9.54. The van der Waals surface area contributed by atoms with Gasteiger partial charge in [0, 0.05) is 26.2 Å². The van der Waals surface area contributed by atoms with Crippen LogP contribution >= 0.6 is 34.8 Å². The van der Waals surface area contributed by atoms with Gasteiger partial charge in [-0.1, -0.05) is 53.0 Å². The first kappa shape index (κ1) is 14.9. The second-order valence-electron chi connectivity index (χ2n) is 4.07. The van der Waals surface area contributed by atoms with Crippen LogP contribution in [0.5, 0.6) is 0 Å². The zero-order chi connectivity index (χ0) is 14.7. The van der Waals surface area contributed by atoms with Crippen molar-refractivity contribution in [3.05, 3.63) is 68.7 Å². The highest BCUT2D eigenvalue weighted by Crippen LogP contribution is 2.33. The van der Waals surface area contributed by atoms with E-state index in [9.17, 15) is 10.1 Å². The number of halogens is 3. The number of nitrogens with zero attached hydrogens (tertiary/aromatic N) is 1. The molecule has 2 nitrogen and oxygen atoms in total. The van der Waals surface area contributed by atoms with Gasteiger partial charge < -0.3 is 0 Å². The smallest absolute Gasteiger partial charge is 0.184 e. The van der Waals surface area contributed by atoms with E-state index in [0.717, 1.165) is 0 Å². The summed E-state index contributed by atoms with van der Waals surface area (Å²) < 4.78 is 0. The van der Waals surface area contributed by atoms with E-state index in [1.165, 1.54) is 6.07 Å². The molecule has 1 unspecified atom stereocenters. The maximum Gasteiger partial charge on any atom is 0.184 e. The molecular formula is C15H8Cl3NO. The molecule has 0 saturated heterocycles. The van der Waals surface area contributed by atoms with Crippen molar-refractivity contribution in [2.45, 2.75) is 5.92 Å². The SMILES string of the molecule is N#CC(C(=O)c1cccc(Cl)c1)c1c(Cl)cccc1Cl. The zero-order valence-corrected chi connectivity index (χ0v) is 12.4. The van der Waals surface area contributed by atoms with E-state index in [0.29, 0.717) is 26.2 Å². The third-order valence-corrected chi connectivity index (χ3v) is 3.68. The second-order valence-corrected chi connectivity index (χ2v) is 5.32. The van der Waals surface area contributed by atoms with E-state index in [2.05, 4.69) is 0 Å². The van der Waals surface area contributed by atoms with E-state index in [1.807, 2.05) is 6.07 Å². The fourth-order valence-electron chi connectivity index (χ4n) is 1.85. The minimum atomic E-state index is -1.06. The predicted molar refractivity (Wildman–Crippen MR) is 80.6 cm³/mol. The molecule has 5 heteroatoms. The Morgan fingerprint density at radius 1 is 1.05 bits per heavy atom. The summed E-state index contributed by atoms with van der Waals surface area (Å²) in [5.74, 6) is -1.44. The first-order valence-corrected chi connectivity index (χ1v) is 6.81. The summed E-state index contributed by atoms with van der Waals surface area (Å²) in [7, 11) is 0. The Hall–Kier alpha value is -1.53. The maximum absolute atomic E-state index is 12.4. The van der Waals surface area contributed by atoms with Crippen molar-refractivity contribution in [1.29, 1.82) is 5.26 Å². The van der Waals surface area contributed by atoms with Gasteiger partial charge in [0.05, 0.1) is 6.07 Å². The fraction of sp³-hybridized carbons (Fsp3) is 0.0667. The van der Waals surface area contributed by atoms with Crippen LogP contribution in [0.1, 0.15) is 21.8 Å². The minimum absolute atomic E-state index is 0.291. The summed E-state index contributed by atoms with van der Waals surface area (Å²) in [6.07, 6.45) is 0. The molecule has 0 aliphatic carbocycles. The van der Waals surface area contributed by atoms with Crippen molar-refractivity contribution >= 4 is 40.6 Å². The van der Waals surface area contributed by atoms with Crippen LogP contribution in [0.25, 0.3) is 0 Å². The highest BCUT2D eigenvalue weighted by atomic mass is 35.5. The quantitative estimate of drug-likeness (QED) is 0.734. The summed E-state index contributed by atoms with van der Waals surface area (Å²) in [4.78, 5) is 12.4. The van der Waals surface area contributed by atoms with Gasteiger partial charge in [0.2, 0.25) is 0 Å². The molecule has 0 aromatic heterocycles. The van der Waals surface area contributed by atoms with Crippen LogP contribution in [0.3, 0.4) is 0 Å². The average molecular weight is 325 g/mol. The molecule has 0 aliphatic rings. The molecule has 0 aliphatic heterocycles. The van der Waals surface area contributed by atoms with E-state index < -0.39 is 5.92 Å². The van der Waals surface area contributed by atoms with E-state index >= 15 is 0 Å². The molecule has 0 spiro atoms. The number of ketones is 1. The van der Waals surface area contributed by atoms with Crippen molar-refractivity contribution < 1.29 is 4.79 Å². The zero-order valence-electron chi connectivity index (χ0n) is 10.1. The molecule has 2 aromatic carbocycles. The number of Topliss-reactive ketones (excluding diaryl/α,β-unsaturated/α-hetero) is 1. The summed E-state index contributed by atoms with van der Waals surface area (Å²) in [6.45, 7) is 0. The molecule has 0 heterocycles. The number of hydrogen-bond acceptors (Lipinski definition) is 2. The maximum atomic E-state index is 12.4. The van der Waals surface area contributed by atoms with E-state index in [4.69, 9.17) is 34.8 Å². The topological polar surface area (TPSA) is 40.9 Å². The van der Waals surface area contributed by atoms with E-state index in [1.54, 1.807) is 36.4 Å². The number of carbonyl (C=O) groups is 1. The lowest BCUT2D eigenvalue weighted by atomic mass is 9.92. The van der Waals surface area contributed by atoms with Gasteiger partial charge in [-0.05, 0) is 24.3 Å². The predicted octanol–water partition coefficient (Wildman–Crippen LogP) is 5.14. The number of benzene rings is 2. The van der Waals surface area contributed by atoms with Crippen LogP contribution in [0.4, 0.5) is 0 Å². The van der Waals surface area contributed by atoms with Gasteiger partial charge in [-0.15, -0.1) is 0 Å². The molecule has 1 atom stereocenters. The molecule has 0 bridgehead atoms. The lowest BCUT2D eigenvalue weighted by molar-refractivity contribution is 0.0979. The Morgan fingerprint density at radius 2 is 1.65 bits per heavy atom. The molecule has 0 amide bonds. The summed E-state index contributed by atoms with van der Waals surface area (Å²) in [5.41, 5.74) is 0.670. The molecule has 0 radical (unpaired) electrons. The molecule has 20 heavy (non-hydrogen) atoms. The van der Waals surface area contributed by atoms with Crippen molar-refractivity contribution in [3.8, 4) is 6.07 Å². The van der Waals surface area contributed by atoms with Gasteiger partial charge >= 0.3 is 0 Å². The summed E-state index contributed by atoms with van der Waals surface area (Å²) >= 11 is 18.0. The summed E-state index contributed by atoms with van der Waals surface area (Å²) in [6, 6.07) is 13.2. The van der Waals surface area contributed by atoms with Gasteiger partial charge in [-0.2, -0.15) is 5.26 Å². The third-order valence-electron chi connectivity index (χ3n) is 2.79. The monoisotopic (exact) mass is 323 g/mol. The largest absolute Gasteiger partial charge is 0.292 e. The van der Waals surface area contributed by atoms with Gasteiger partial charge in [-0.25, -0.2) is 0 Å². The van der Waals surface area contributed by atoms with Crippen LogP contribution in [0, 0.1) is 11.3 Å². The van der Waals surface area contributed by atoms with Crippen molar-refractivity contribution in [2.24, 2.45) is 0 Å². The third kappa shape index (κ3) is 2.96. The minimum Gasteiger partial charge on any atom is -0.292 e. The lowest BCUT2D eigenvalue weighted by Gasteiger charge is -2.12. The number of hydrogen-bond donors (Lipinski definition) is 0. The Bertz CT molecular complexity index is 686. The second kappa shape index (κ2) is 6.28. The molecule has 2 rings (SSSR count). The number of nitriles is 1. The molecule has 2 aromatic rings. The molecule has 0 saturated carbocycles. The molecule has 100 valence electrons. The van der Waals surface area contributed by atoms with Crippen LogP contribution in [0.15, 0.2) is 42.5 Å². The van der Waals surface area contributed by atoms with Gasteiger partial charge in [0.15, 0.2) is 5.78 Å². The van der Waals surface area contributed by atoms with Crippen molar-refractivity contribution in [2.75, 3.05) is 0 Å². The Kier molecular flexibility index (Phi) is 4.67. The Labute approximate surface area is 131 Å². The molecule has 0 N–H and O–H groups in total. The van der Waals surface area contributed by atoms with Crippen LogP contribution < -0.4 is 0 Å². The van der Waals surface area contributed by atoms with Crippen LogP contribution in [0.2, 0.25) is 15.1 Å². The first-order valence-electron chi connectivity index (χ1n) is 5.68. The number of rotatable bonds is 3. The highest BCUT2D eigenvalue weighted by molar-refractivity contribution is 6.36.